The molecule has 0 aliphatic carbocycles. The number of fused-ring (bicyclic) bond motifs is 1. The van der Waals surface area contributed by atoms with E-state index in [0.29, 0.717) is 11.2 Å². The molecule has 4 rings (SSSR count). The second-order valence-electron chi connectivity index (χ2n) is 5.98. The molecule has 0 saturated carbocycles. The van der Waals surface area contributed by atoms with E-state index >= 15 is 0 Å². The van der Waals surface area contributed by atoms with Crippen molar-refractivity contribution in [3.8, 4) is 11.3 Å². The number of halogens is 3. The van der Waals surface area contributed by atoms with Crippen molar-refractivity contribution in [3.63, 3.8) is 0 Å². The van der Waals surface area contributed by atoms with Gasteiger partial charge >= 0.3 is 6.18 Å². The average Bonchev–Trinajstić information content (AvgIpc) is 2.68. The van der Waals surface area contributed by atoms with E-state index in [2.05, 4.69) is 15.3 Å². The molecule has 0 amide bonds. The van der Waals surface area contributed by atoms with Crippen molar-refractivity contribution in [2.24, 2.45) is 0 Å². The van der Waals surface area contributed by atoms with E-state index in [1.807, 2.05) is 18.2 Å². The lowest BCUT2D eigenvalue weighted by Gasteiger charge is -2.15. The van der Waals surface area contributed by atoms with Crippen LogP contribution in [0.1, 0.15) is 5.56 Å². The van der Waals surface area contributed by atoms with Gasteiger partial charge in [0.1, 0.15) is 0 Å². The topological polar surface area (TPSA) is 37.8 Å². The van der Waals surface area contributed by atoms with Gasteiger partial charge in [-0.1, -0.05) is 36.4 Å². The Labute approximate surface area is 153 Å². The third-order valence-electron chi connectivity index (χ3n) is 4.18. The number of para-hydroxylation sites is 1. The van der Waals surface area contributed by atoms with Gasteiger partial charge in [-0.15, -0.1) is 0 Å². The number of benzene rings is 2. The fourth-order valence-electron chi connectivity index (χ4n) is 2.96. The predicted octanol–water partition coefficient (Wildman–Crippen LogP) is 6.06. The number of hydrogen-bond acceptors (Lipinski definition) is 3. The predicted molar refractivity (Wildman–Crippen MR) is 99.7 cm³/mol. The van der Waals surface area contributed by atoms with E-state index < -0.39 is 11.7 Å². The highest BCUT2D eigenvalue weighted by molar-refractivity contribution is 5.95. The van der Waals surface area contributed by atoms with E-state index in [9.17, 15) is 13.2 Å². The molecule has 134 valence electrons. The number of hydrogen-bond donors (Lipinski definition) is 1. The van der Waals surface area contributed by atoms with E-state index in [4.69, 9.17) is 0 Å². The quantitative estimate of drug-likeness (QED) is 0.480. The summed E-state index contributed by atoms with van der Waals surface area (Å²) in [7, 11) is 0. The van der Waals surface area contributed by atoms with Crippen LogP contribution in [-0.2, 0) is 6.18 Å². The molecule has 27 heavy (non-hydrogen) atoms. The maximum atomic E-state index is 13.4. The smallest absolute Gasteiger partial charge is 0.355 e. The molecule has 0 radical (unpaired) electrons. The van der Waals surface area contributed by atoms with E-state index in [0.717, 1.165) is 17.1 Å². The number of nitrogens with one attached hydrogen (secondary N) is 1. The Morgan fingerprint density at radius 1 is 0.815 bits per heavy atom. The Morgan fingerprint density at radius 3 is 2.30 bits per heavy atom. The number of aromatic nitrogens is 2. The van der Waals surface area contributed by atoms with Crippen LogP contribution in [-0.4, -0.2) is 9.97 Å². The zero-order valence-corrected chi connectivity index (χ0v) is 14.0. The molecule has 4 aromatic rings. The van der Waals surface area contributed by atoms with Crippen molar-refractivity contribution < 1.29 is 13.2 Å². The number of rotatable bonds is 3. The minimum Gasteiger partial charge on any atom is -0.355 e. The molecular formula is C21H14F3N3. The van der Waals surface area contributed by atoms with Crippen molar-refractivity contribution in [3.05, 3.63) is 84.7 Å². The van der Waals surface area contributed by atoms with Crippen molar-refractivity contribution in [2.75, 3.05) is 5.32 Å². The molecular weight excluding hydrogens is 351 g/mol. The van der Waals surface area contributed by atoms with E-state index in [1.54, 1.807) is 42.7 Å². The first kappa shape index (κ1) is 17.0. The standard InChI is InChI=1S/C21H14F3N3/c22-21(23,24)17-7-3-1-5-15(17)19-13-20(26-14-9-11-25-12-10-14)16-6-2-4-8-18(16)27-19/h1-13H,(H,25,26,27). The molecule has 0 spiro atoms. The Hall–Kier alpha value is -3.41. The van der Waals surface area contributed by atoms with Gasteiger partial charge in [0.05, 0.1) is 22.5 Å². The summed E-state index contributed by atoms with van der Waals surface area (Å²) in [6.45, 7) is 0. The van der Waals surface area contributed by atoms with Gasteiger partial charge < -0.3 is 5.32 Å². The molecule has 0 atom stereocenters. The van der Waals surface area contributed by atoms with Crippen molar-refractivity contribution in [1.82, 2.24) is 9.97 Å². The molecule has 0 unspecified atom stereocenters. The van der Waals surface area contributed by atoms with Crippen LogP contribution in [0, 0.1) is 0 Å². The molecule has 2 heterocycles. The third-order valence-corrected chi connectivity index (χ3v) is 4.18. The highest BCUT2D eigenvalue weighted by Gasteiger charge is 2.33. The lowest BCUT2D eigenvalue weighted by Crippen LogP contribution is -2.07. The second-order valence-corrected chi connectivity index (χ2v) is 5.98. The van der Waals surface area contributed by atoms with Gasteiger partial charge in [-0.3, -0.25) is 4.98 Å². The molecule has 0 saturated heterocycles. The minimum absolute atomic E-state index is 0.0496. The van der Waals surface area contributed by atoms with Crippen LogP contribution in [0.2, 0.25) is 0 Å². The molecule has 0 aliphatic heterocycles. The van der Waals surface area contributed by atoms with Crippen molar-refractivity contribution in [1.29, 1.82) is 0 Å². The van der Waals surface area contributed by atoms with Crippen LogP contribution in [0.5, 0.6) is 0 Å². The highest BCUT2D eigenvalue weighted by atomic mass is 19.4. The highest BCUT2D eigenvalue weighted by Crippen LogP contribution is 2.38. The maximum absolute atomic E-state index is 13.4. The van der Waals surface area contributed by atoms with Gasteiger partial charge in [0.25, 0.3) is 0 Å². The van der Waals surface area contributed by atoms with Crippen LogP contribution in [0.4, 0.5) is 24.5 Å². The van der Waals surface area contributed by atoms with Gasteiger partial charge in [0.2, 0.25) is 0 Å². The van der Waals surface area contributed by atoms with Gasteiger partial charge in [-0.25, -0.2) is 4.98 Å². The van der Waals surface area contributed by atoms with E-state index in [-0.39, 0.29) is 11.3 Å². The molecule has 1 N–H and O–H groups in total. The Bertz CT molecular complexity index is 1090. The first-order valence-electron chi connectivity index (χ1n) is 8.26. The first-order chi connectivity index (χ1) is 13.0. The summed E-state index contributed by atoms with van der Waals surface area (Å²) in [6, 6.07) is 18.0. The molecule has 2 aromatic carbocycles. The maximum Gasteiger partial charge on any atom is 0.417 e. The Balaban J connectivity index is 1.91. The van der Waals surface area contributed by atoms with E-state index in [1.165, 1.54) is 12.1 Å². The van der Waals surface area contributed by atoms with Gasteiger partial charge in [-0.05, 0) is 30.3 Å². The first-order valence-corrected chi connectivity index (χ1v) is 8.26. The molecule has 2 aromatic heterocycles. The minimum atomic E-state index is -4.46. The molecule has 0 aliphatic rings. The summed E-state index contributed by atoms with van der Waals surface area (Å²) >= 11 is 0. The van der Waals surface area contributed by atoms with Crippen LogP contribution >= 0.6 is 0 Å². The van der Waals surface area contributed by atoms with Crippen molar-refractivity contribution >= 4 is 22.3 Å². The monoisotopic (exact) mass is 365 g/mol. The van der Waals surface area contributed by atoms with Gasteiger partial charge in [-0.2, -0.15) is 13.2 Å². The second kappa shape index (κ2) is 6.72. The zero-order valence-electron chi connectivity index (χ0n) is 14.0. The fraction of sp³-hybridized carbons (Fsp3) is 0.0476. The van der Waals surface area contributed by atoms with Gasteiger partial charge in [0, 0.05) is 29.0 Å². The number of pyridine rings is 2. The van der Waals surface area contributed by atoms with Crippen LogP contribution in [0.15, 0.2) is 79.1 Å². The van der Waals surface area contributed by atoms with Crippen molar-refractivity contribution in [2.45, 2.75) is 6.18 Å². The van der Waals surface area contributed by atoms with Crippen LogP contribution < -0.4 is 5.32 Å². The number of anilines is 2. The van der Waals surface area contributed by atoms with Crippen LogP contribution in [0.3, 0.4) is 0 Å². The van der Waals surface area contributed by atoms with Crippen LogP contribution in [0.25, 0.3) is 22.2 Å². The molecule has 3 nitrogen and oxygen atoms in total. The zero-order chi connectivity index (χ0) is 18.9. The number of alkyl halides is 3. The lowest BCUT2D eigenvalue weighted by atomic mass is 10.0. The summed E-state index contributed by atoms with van der Waals surface area (Å²) in [5, 5.41) is 4.08. The Kier molecular flexibility index (Phi) is 4.24. The SMILES string of the molecule is FC(F)(F)c1ccccc1-c1cc(Nc2ccncc2)c2ccccc2n1. The number of nitrogens with zero attached hydrogens (tertiary/aromatic N) is 2. The molecule has 6 heteroatoms. The summed E-state index contributed by atoms with van der Waals surface area (Å²) in [5.41, 5.74) is 1.69. The summed E-state index contributed by atoms with van der Waals surface area (Å²) in [5.74, 6) is 0. The average molecular weight is 365 g/mol. The molecule has 0 bridgehead atoms. The fourth-order valence-corrected chi connectivity index (χ4v) is 2.96. The lowest BCUT2D eigenvalue weighted by molar-refractivity contribution is -0.137. The Morgan fingerprint density at radius 2 is 1.52 bits per heavy atom. The summed E-state index contributed by atoms with van der Waals surface area (Å²) < 4.78 is 40.3. The largest absolute Gasteiger partial charge is 0.417 e. The van der Waals surface area contributed by atoms with Gasteiger partial charge in [0.15, 0.2) is 0 Å². The normalized spacial score (nSPS) is 11.5. The summed E-state index contributed by atoms with van der Waals surface area (Å²) in [4.78, 5) is 8.45. The third kappa shape index (κ3) is 3.46. The summed E-state index contributed by atoms with van der Waals surface area (Å²) in [6.07, 6.45) is -1.17. The molecule has 0 fully saturated rings.